The highest BCUT2D eigenvalue weighted by molar-refractivity contribution is 6.01. The van der Waals surface area contributed by atoms with Crippen LogP contribution in [-0.2, 0) is 11.0 Å². The van der Waals surface area contributed by atoms with Crippen LogP contribution in [0.25, 0.3) is 0 Å². The van der Waals surface area contributed by atoms with Crippen LogP contribution in [0.4, 0.5) is 17.6 Å². The Hall–Kier alpha value is -1.63. The summed E-state index contributed by atoms with van der Waals surface area (Å²) in [5.41, 5.74) is 4.65. The van der Waals surface area contributed by atoms with Crippen LogP contribution in [0.3, 0.4) is 0 Å². The van der Waals surface area contributed by atoms with Crippen molar-refractivity contribution in [3.8, 4) is 0 Å². The fourth-order valence-corrected chi connectivity index (χ4v) is 1.65. The van der Waals surface area contributed by atoms with Gasteiger partial charge in [-0.2, -0.15) is 13.2 Å². The molecule has 1 heterocycles. The summed E-state index contributed by atoms with van der Waals surface area (Å²) < 4.78 is 50.7. The number of oxime groups is 1. The molecule has 2 N–H and O–H groups in total. The normalized spacial score (nSPS) is 19.6. The van der Waals surface area contributed by atoms with Crippen LogP contribution in [0.2, 0.25) is 0 Å². The number of nitrogens with two attached hydrogens (primary N) is 1. The van der Waals surface area contributed by atoms with E-state index in [1.54, 1.807) is 0 Å². The van der Waals surface area contributed by atoms with Crippen molar-refractivity contribution in [1.82, 2.24) is 0 Å². The third-order valence-electron chi connectivity index (χ3n) is 2.55. The Morgan fingerprint density at radius 3 is 2.61 bits per heavy atom. The molecule has 1 aromatic rings. The molecule has 98 valence electrons. The second-order valence-electron chi connectivity index (χ2n) is 3.93. The van der Waals surface area contributed by atoms with Gasteiger partial charge in [0.15, 0.2) is 0 Å². The van der Waals surface area contributed by atoms with Crippen LogP contribution in [0, 0.1) is 5.82 Å². The molecule has 0 spiro atoms. The summed E-state index contributed by atoms with van der Waals surface area (Å²) in [6, 6.07) is 2.29. The van der Waals surface area contributed by atoms with E-state index in [1.165, 1.54) is 0 Å². The van der Waals surface area contributed by atoms with Crippen molar-refractivity contribution in [3.05, 3.63) is 35.1 Å². The summed E-state index contributed by atoms with van der Waals surface area (Å²) in [6.07, 6.45) is -4.68. The van der Waals surface area contributed by atoms with E-state index in [4.69, 9.17) is 10.6 Å². The van der Waals surface area contributed by atoms with Crippen LogP contribution in [0.15, 0.2) is 23.4 Å². The molecule has 0 amide bonds. The van der Waals surface area contributed by atoms with E-state index in [-0.39, 0.29) is 30.3 Å². The molecule has 0 fully saturated rings. The summed E-state index contributed by atoms with van der Waals surface area (Å²) in [4.78, 5) is 4.89. The first-order chi connectivity index (χ1) is 8.40. The molecule has 0 bridgehead atoms. The minimum atomic E-state index is -4.59. The lowest BCUT2D eigenvalue weighted by molar-refractivity contribution is -0.137. The van der Waals surface area contributed by atoms with Crippen LogP contribution >= 0.6 is 0 Å². The Kier molecular flexibility index (Phi) is 3.25. The van der Waals surface area contributed by atoms with Gasteiger partial charge in [-0.05, 0) is 18.2 Å². The molecule has 0 saturated heterocycles. The molecule has 3 nitrogen and oxygen atoms in total. The Balaban J connectivity index is 2.32. The highest BCUT2D eigenvalue weighted by Gasteiger charge is 2.32. The maximum atomic E-state index is 13.2. The van der Waals surface area contributed by atoms with Crippen molar-refractivity contribution in [2.45, 2.75) is 18.7 Å². The molecule has 1 atom stereocenters. The van der Waals surface area contributed by atoms with Crippen molar-refractivity contribution in [3.63, 3.8) is 0 Å². The van der Waals surface area contributed by atoms with Gasteiger partial charge in [-0.1, -0.05) is 5.16 Å². The molecule has 0 radical (unpaired) electrons. The molecular formula is C11H10F4N2O. The van der Waals surface area contributed by atoms with Gasteiger partial charge in [-0.25, -0.2) is 4.39 Å². The summed E-state index contributed by atoms with van der Waals surface area (Å²) >= 11 is 0. The summed E-state index contributed by atoms with van der Waals surface area (Å²) in [6.45, 7) is 0.203. The molecule has 7 heteroatoms. The van der Waals surface area contributed by atoms with Crippen LogP contribution < -0.4 is 5.73 Å². The average Bonchev–Trinajstić information content (AvgIpc) is 2.75. The lowest BCUT2D eigenvalue weighted by Crippen LogP contribution is -2.20. The Labute approximate surface area is 100 Å². The quantitative estimate of drug-likeness (QED) is 0.831. The monoisotopic (exact) mass is 262 g/mol. The largest absolute Gasteiger partial charge is 0.416 e. The minimum absolute atomic E-state index is 0.0678. The summed E-state index contributed by atoms with van der Waals surface area (Å²) in [7, 11) is 0. The Morgan fingerprint density at radius 2 is 2.06 bits per heavy atom. The van der Waals surface area contributed by atoms with Crippen molar-refractivity contribution < 1.29 is 22.4 Å². The minimum Gasteiger partial charge on any atom is -0.390 e. The number of hydrogen-bond acceptors (Lipinski definition) is 3. The molecule has 0 saturated carbocycles. The third-order valence-corrected chi connectivity index (χ3v) is 2.55. The second-order valence-corrected chi connectivity index (χ2v) is 3.93. The standard InChI is InChI=1S/C11H10F4N2O/c12-8-2-6(1-7(3-8)11(13,14)15)10-4-9(5-16)18-17-10/h1-3,9H,4-5,16H2. The van der Waals surface area contributed by atoms with E-state index in [1.807, 2.05) is 0 Å². The highest BCUT2D eigenvalue weighted by Crippen LogP contribution is 2.31. The number of halogens is 4. The molecular weight excluding hydrogens is 252 g/mol. The Morgan fingerprint density at radius 1 is 1.33 bits per heavy atom. The first-order valence-electron chi connectivity index (χ1n) is 5.21. The van der Waals surface area contributed by atoms with Gasteiger partial charge in [0.2, 0.25) is 0 Å². The van der Waals surface area contributed by atoms with Crippen LogP contribution in [0.5, 0.6) is 0 Å². The first-order valence-corrected chi connectivity index (χ1v) is 5.21. The van der Waals surface area contributed by atoms with Crippen molar-refractivity contribution in [2.75, 3.05) is 6.54 Å². The fourth-order valence-electron chi connectivity index (χ4n) is 1.65. The maximum absolute atomic E-state index is 13.2. The summed E-state index contributed by atoms with van der Waals surface area (Å²) in [5, 5.41) is 3.63. The number of nitrogens with zero attached hydrogens (tertiary/aromatic N) is 1. The van der Waals surface area contributed by atoms with Gasteiger partial charge >= 0.3 is 6.18 Å². The molecule has 0 aromatic heterocycles. The Bertz CT molecular complexity index is 484. The second kappa shape index (κ2) is 4.56. The molecule has 1 aliphatic rings. The topological polar surface area (TPSA) is 47.6 Å². The van der Waals surface area contributed by atoms with Crippen molar-refractivity contribution in [2.24, 2.45) is 10.9 Å². The maximum Gasteiger partial charge on any atom is 0.416 e. The zero-order valence-electron chi connectivity index (χ0n) is 9.17. The van der Waals surface area contributed by atoms with E-state index in [9.17, 15) is 17.6 Å². The smallest absolute Gasteiger partial charge is 0.390 e. The number of rotatable bonds is 2. The van der Waals surface area contributed by atoms with E-state index in [2.05, 4.69) is 5.16 Å². The average molecular weight is 262 g/mol. The van der Waals surface area contributed by atoms with E-state index >= 15 is 0 Å². The SMILES string of the molecule is NCC1CC(c2cc(F)cc(C(F)(F)F)c2)=NO1. The van der Waals surface area contributed by atoms with Gasteiger partial charge in [-0.3, -0.25) is 0 Å². The molecule has 2 rings (SSSR count). The molecule has 1 aromatic carbocycles. The van der Waals surface area contributed by atoms with E-state index in [0.717, 1.165) is 12.1 Å². The highest BCUT2D eigenvalue weighted by atomic mass is 19.4. The van der Waals surface area contributed by atoms with Gasteiger partial charge in [0.1, 0.15) is 11.9 Å². The van der Waals surface area contributed by atoms with Gasteiger partial charge in [0.05, 0.1) is 11.3 Å². The van der Waals surface area contributed by atoms with Gasteiger partial charge in [0.25, 0.3) is 0 Å². The third kappa shape index (κ3) is 2.61. The van der Waals surface area contributed by atoms with Crippen molar-refractivity contribution >= 4 is 5.71 Å². The number of benzene rings is 1. The lowest BCUT2D eigenvalue weighted by atomic mass is 10.0. The van der Waals surface area contributed by atoms with Gasteiger partial charge in [-0.15, -0.1) is 0 Å². The number of hydrogen-bond donors (Lipinski definition) is 1. The zero-order chi connectivity index (χ0) is 13.3. The fraction of sp³-hybridized carbons (Fsp3) is 0.364. The predicted molar refractivity (Wildman–Crippen MR) is 56.5 cm³/mol. The molecule has 18 heavy (non-hydrogen) atoms. The molecule has 1 unspecified atom stereocenters. The lowest BCUT2D eigenvalue weighted by Gasteiger charge is -2.09. The predicted octanol–water partition coefficient (Wildman–Crippen LogP) is 2.30. The molecule has 0 aliphatic carbocycles. The summed E-state index contributed by atoms with van der Waals surface area (Å²) in [5.74, 6) is -0.960. The van der Waals surface area contributed by atoms with Crippen LogP contribution in [0.1, 0.15) is 17.5 Å². The van der Waals surface area contributed by atoms with Gasteiger partial charge in [0, 0.05) is 18.5 Å². The van der Waals surface area contributed by atoms with Crippen LogP contribution in [-0.4, -0.2) is 18.4 Å². The molecule has 1 aliphatic heterocycles. The van der Waals surface area contributed by atoms with Crippen molar-refractivity contribution in [1.29, 1.82) is 0 Å². The van der Waals surface area contributed by atoms with Gasteiger partial charge < -0.3 is 10.6 Å². The first kappa shape index (κ1) is 12.8. The zero-order valence-corrected chi connectivity index (χ0v) is 9.17. The number of alkyl halides is 3. The van der Waals surface area contributed by atoms with E-state index < -0.39 is 17.6 Å². The van der Waals surface area contributed by atoms with E-state index in [0.29, 0.717) is 6.07 Å².